The third-order valence-corrected chi connectivity index (χ3v) is 4.52. The van der Waals surface area contributed by atoms with Crippen LogP contribution >= 0.6 is 0 Å². The molecule has 3 heteroatoms. The van der Waals surface area contributed by atoms with E-state index in [-0.39, 0.29) is 5.79 Å². The molecule has 0 atom stereocenters. The molecule has 2 fully saturated rings. The predicted octanol–water partition coefficient (Wildman–Crippen LogP) is 3.50. The van der Waals surface area contributed by atoms with Gasteiger partial charge in [-0.1, -0.05) is 24.3 Å². The molecular weight excluding hydrogens is 238 g/mol. The van der Waals surface area contributed by atoms with Crippen LogP contribution in [-0.4, -0.2) is 23.6 Å². The van der Waals surface area contributed by atoms with Crippen LogP contribution in [0, 0.1) is 0 Å². The van der Waals surface area contributed by atoms with E-state index < -0.39 is 0 Å². The molecule has 1 aliphatic heterocycles. The van der Waals surface area contributed by atoms with Gasteiger partial charge in [0.25, 0.3) is 0 Å². The van der Waals surface area contributed by atoms with Gasteiger partial charge in [0.15, 0.2) is 5.79 Å². The molecule has 2 aliphatic rings. The zero-order valence-electron chi connectivity index (χ0n) is 11.0. The molecule has 1 saturated carbocycles. The van der Waals surface area contributed by atoms with E-state index in [9.17, 15) is 0 Å². The summed E-state index contributed by atoms with van der Waals surface area (Å²) in [5.74, 6) is -0.247. The van der Waals surface area contributed by atoms with Gasteiger partial charge in [-0.2, -0.15) is 0 Å². The number of ether oxygens (including phenoxy) is 2. The van der Waals surface area contributed by atoms with Gasteiger partial charge in [-0.05, 0) is 23.6 Å². The van der Waals surface area contributed by atoms with Gasteiger partial charge in [0.2, 0.25) is 0 Å². The van der Waals surface area contributed by atoms with Crippen LogP contribution in [0.1, 0.15) is 31.7 Å². The van der Waals surface area contributed by atoms with Gasteiger partial charge in [0, 0.05) is 31.3 Å². The summed E-state index contributed by atoms with van der Waals surface area (Å²) in [5.41, 5.74) is 0. The first-order valence-corrected chi connectivity index (χ1v) is 7.19. The third-order valence-electron chi connectivity index (χ3n) is 4.52. The van der Waals surface area contributed by atoms with Crippen molar-refractivity contribution in [2.24, 2.45) is 0 Å². The van der Waals surface area contributed by atoms with Crippen LogP contribution in [0.15, 0.2) is 36.7 Å². The molecule has 3 nitrogen and oxygen atoms in total. The molecule has 1 saturated heterocycles. The Balaban J connectivity index is 1.54. The van der Waals surface area contributed by atoms with Crippen LogP contribution in [0.4, 0.5) is 0 Å². The molecule has 1 aliphatic carbocycles. The summed E-state index contributed by atoms with van der Waals surface area (Å²) in [6.07, 6.45) is 8.86. The molecule has 0 radical (unpaired) electrons. The summed E-state index contributed by atoms with van der Waals surface area (Å²) in [6.45, 7) is 1.52. The Labute approximate surface area is 113 Å². The fourth-order valence-corrected chi connectivity index (χ4v) is 3.44. The first-order chi connectivity index (χ1) is 9.35. The predicted molar refractivity (Wildman–Crippen MR) is 74.1 cm³/mol. The molecule has 1 aromatic carbocycles. The lowest BCUT2D eigenvalue weighted by molar-refractivity contribution is -0.181. The van der Waals surface area contributed by atoms with Crippen molar-refractivity contribution in [2.45, 2.75) is 37.5 Å². The lowest BCUT2D eigenvalue weighted by Gasteiger charge is -2.35. The maximum absolute atomic E-state index is 5.79. The SMILES string of the molecule is c1ccc2cn(C3CCC4(CC3)OCCO4)cc2c1. The van der Waals surface area contributed by atoms with E-state index in [1.54, 1.807) is 0 Å². The Bertz CT molecular complexity index is 540. The van der Waals surface area contributed by atoms with E-state index in [0.717, 1.165) is 38.9 Å². The maximum atomic E-state index is 5.79. The molecule has 0 bridgehead atoms. The van der Waals surface area contributed by atoms with Crippen molar-refractivity contribution in [3.8, 4) is 0 Å². The van der Waals surface area contributed by atoms with Crippen molar-refractivity contribution in [1.82, 2.24) is 4.57 Å². The van der Waals surface area contributed by atoms with Gasteiger partial charge in [0.05, 0.1) is 13.2 Å². The largest absolute Gasteiger partial charge is 0.350 e. The molecule has 1 aromatic heterocycles. The van der Waals surface area contributed by atoms with Gasteiger partial charge >= 0.3 is 0 Å². The molecule has 2 heterocycles. The van der Waals surface area contributed by atoms with Crippen LogP contribution in [0.3, 0.4) is 0 Å². The maximum Gasteiger partial charge on any atom is 0.168 e. The molecule has 2 aromatic rings. The van der Waals surface area contributed by atoms with Gasteiger partial charge in [-0.3, -0.25) is 0 Å². The summed E-state index contributed by atoms with van der Waals surface area (Å²) >= 11 is 0. The molecule has 100 valence electrons. The van der Waals surface area contributed by atoms with E-state index in [1.807, 2.05) is 0 Å². The topological polar surface area (TPSA) is 23.4 Å². The monoisotopic (exact) mass is 257 g/mol. The summed E-state index contributed by atoms with van der Waals surface area (Å²) in [4.78, 5) is 0. The lowest BCUT2D eigenvalue weighted by Crippen LogP contribution is -2.35. The number of benzene rings is 1. The van der Waals surface area contributed by atoms with Crippen LogP contribution < -0.4 is 0 Å². The number of hydrogen-bond donors (Lipinski definition) is 0. The number of nitrogens with zero attached hydrogens (tertiary/aromatic N) is 1. The average Bonchev–Trinajstić information content (AvgIpc) is 3.06. The highest BCUT2D eigenvalue weighted by molar-refractivity contribution is 5.82. The Kier molecular flexibility index (Phi) is 2.64. The second-order valence-corrected chi connectivity index (χ2v) is 5.67. The van der Waals surface area contributed by atoms with Crippen molar-refractivity contribution < 1.29 is 9.47 Å². The number of rotatable bonds is 1. The minimum Gasteiger partial charge on any atom is -0.350 e. The van der Waals surface area contributed by atoms with E-state index in [4.69, 9.17) is 9.47 Å². The van der Waals surface area contributed by atoms with Crippen molar-refractivity contribution in [3.05, 3.63) is 36.7 Å². The highest BCUT2D eigenvalue weighted by atomic mass is 16.7. The second kappa shape index (κ2) is 4.36. The van der Waals surface area contributed by atoms with E-state index >= 15 is 0 Å². The zero-order chi connectivity index (χ0) is 12.7. The van der Waals surface area contributed by atoms with Gasteiger partial charge in [-0.15, -0.1) is 0 Å². The van der Waals surface area contributed by atoms with E-state index in [2.05, 4.69) is 41.2 Å². The second-order valence-electron chi connectivity index (χ2n) is 5.67. The Morgan fingerprint density at radius 1 is 0.947 bits per heavy atom. The van der Waals surface area contributed by atoms with Crippen LogP contribution in [0.25, 0.3) is 10.8 Å². The number of hydrogen-bond acceptors (Lipinski definition) is 2. The molecule has 0 N–H and O–H groups in total. The quantitative estimate of drug-likeness (QED) is 0.780. The summed E-state index contributed by atoms with van der Waals surface area (Å²) in [5, 5.41) is 2.66. The standard InChI is InChI=1S/C16H19NO2/c1-2-4-14-12-17(11-13(14)3-1)15-5-7-16(8-6-15)18-9-10-19-16/h1-4,11-12,15H,5-10H2. The fourth-order valence-electron chi connectivity index (χ4n) is 3.44. The Morgan fingerprint density at radius 2 is 1.53 bits per heavy atom. The normalized spacial score (nSPS) is 23.4. The van der Waals surface area contributed by atoms with Crippen molar-refractivity contribution >= 4 is 10.8 Å². The smallest absolute Gasteiger partial charge is 0.168 e. The molecule has 0 unspecified atom stereocenters. The van der Waals surface area contributed by atoms with Gasteiger partial charge in [-0.25, -0.2) is 0 Å². The van der Waals surface area contributed by atoms with Crippen LogP contribution in [0.5, 0.6) is 0 Å². The molecule has 0 amide bonds. The minimum absolute atomic E-state index is 0.247. The lowest BCUT2D eigenvalue weighted by atomic mass is 9.90. The average molecular weight is 257 g/mol. The number of fused-ring (bicyclic) bond motifs is 1. The highest BCUT2D eigenvalue weighted by Crippen LogP contribution is 2.40. The Hall–Kier alpha value is -1.32. The fraction of sp³-hybridized carbons (Fsp3) is 0.500. The molecule has 4 rings (SSSR count). The number of aromatic nitrogens is 1. The molecule has 19 heavy (non-hydrogen) atoms. The summed E-state index contributed by atoms with van der Waals surface area (Å²) in [7, 11) is 0. The highest BCUT2D eigenvalue weighted by Gasteiger charge is 2.40. The summed E-state index contributed by atoms with van der Waals surface area (Å²) in [6, 6.07) is 9.15. The molecular formula is C16H19NO2. The van der Waals surface area contributed by atoms with Crippen molar-refractivity contribution in [3.63, 3.8) is 0 Å². The van der Waals surface area contributed by atoms with Gasteiger partial charge in [0.1, 0.15) is 0 Å². The first-order valence-electron chi connectivity index (χ1n) is 7.19. The minimum atomic E-state index is -0.247. The summed E-state index contributed by atoms with van der Waals surface area (Å²) < 4.78 is 14.0. The molecule has 1 spiro atoms. The Morgan fingerprint density at radius 3 is 2.11 bits per heavy atom. The van der Waals surface area contributed by atoms with E-state index in [0.29, 0.717) is 6.04 Å². The van der Waals surface area contributed by atoms with Crippen LogP contribution in [-0.2, 0) is 9.47 Å². The first kappa shape index (κ1) is 11.5. The zero-order valence-corrected chi connectivity index (χ0v) is 11.0. The van der Waals surface area contributed by atoms with E-state index in [1.165, 1.54) is 10.8 Å². The van der Waals surface area contributed by atoms with Crippen LogP contribution in [0.2, 0.25) is 0 Å². The van der Waals surface area contributed by atoms with Gasteiger partial charge < -0.3 is 14.0 Å². The third kappa shape index (κ3) is 1.97. The van der Waals surface area contributed by atoms with Crippen molar-refractivity contribution in [2.75, 3.05) is 13.2 Å². The van der Waals surface area contributed by atoms with Crippen molar-refractivity contribution in [1.29, 1.82) is 0 Å².